The van der Waals surface area contributed by atoms with E-state index in [-0.39, 0.29) is 0 Å². The Hall–Kier alpha value is -1.59. The molecule has 2 unspecified atom stereocenters. The van der Waals surface area contributed by atoms with Gasteiger partial charge in [0.15, 0.2) is 0 Å². The molecule has 1 heterocycles. The Morgan fingerprint density at radius 1 is 1.22 bits per heavy atom. The highest BCUT2D eigenvalue weighted by atomic mass is 16.5. The van der Waals surface area contributed by atoms with E-state index in [1.807, 2.05) is 6.92 Å². The fraction of sp³-hybridized carbons (Fsp3) is 0.750. The van der Waals surface area contributed by atoms with Crippen LogP contribution in [0, 0.1) is 5.92 Å². The van der Waals surface area contributed by atoms with E-state index in [0.29, 0.717) is 36.5 Å². The summed E-state index contributed by atoms with van der Waals surface area (Å²) in [5.74, 6) is 1.86. The molecular weight excluding hydrogens is 230 g/mol. The first-order chi connectivity index (χ1) is 8.72. The second-order valence-corrected chi connectivity index (χ2v) is 4.61. The van der Waals surface area contributed by atoms with Gasteiger partial charge in [0.2, 0.25) is 11.9 Å². The number of aromatic nitrogens is 3. The van der Waals surface area contributed by atoms with Crippen LogP contribution in [0.4, 0.5) is 11.9 Å². The summed E-state index contributed by atoms with van der Waals surface area (Å²) < 4.78 is 5.47. The molecule has 6 nitrogen and oxygen atoms in total. The van der Waals surface area contributed by atoms with Gasteiger partial charge in [0, 0.05) is 12.6 Å². The van der Waals surface area contributed by atoms with Crippen molar-refractivity contribution in [2.24, 2.45) is 5.92 Å². The minimum absolute atomic E-state index is 0.388. The summed E-state index contributed by atoms with van der Waals surface area (Å²) in [6, 6.07) is 0.875. The molecule has 0 aromatic carbocycles. The highest BCUT2D eigenvalue weighted by molar-refractivity contribution is 5.37. The van der Waals surface area contributed by atoms with E-state index in [2.05, 4.69) is 39.4 Å². The van der Waals surface area contributed by atoms with E-state index in [9.17, 15) is 0 Å². The van der Waals surface area contributed by atoms with E-state index in [1.165, 1.54) is 6.42 Å². The molecule has 100 valence electrons. The first-order valence-electron chi connectivity index (χ1n) is 6.62. The van der Waals surface area contributed by atoms with Gasteiger partial charge in [-0.15, -0.1) is 0 Å². The lowest BCUT2D eigenvalue weighted by atomic mass is 10.5. The third kappa shape index (κ3) is 3.45. The van der Waals surface area contributed by atoms with Crippen molar-refractivity contribution in [2.75, 3.05) is 23.8 Å². The number of hydrogen-bond donors (Lipinski definition) is 2. The van der Waals surface area contributed by atoms with Crippen molar-refractivity contribution in [1.29, 1.82) is 0 Å². The first-order valence-corrected chi connectivity index (χ1v) is 6.62. The molecule has 0 spiro atoms. The van der Waals surface area contributed by atoms with Crippen LogP contribution in [0.15, 0.2) is 0 Å². The van der Waals surface area contributed by atoms with E-state index < -0.39 is 0 Å². The highest BCUT2D eigenvalue weighted by Crippen LogP contribution is 2.32. The Bertz CT molecular complexity index is 398. The molecule has 1 aromatic rings. The molecule has 1 aliphatic carbocycles. The number of nitrogens with one attached hydrogen (secondary N) is 2. The zero-order valence-corrected chi connectivity index (χ0v) is 11.2. The largest absolute Gasteiger partial charge is 0.463 e. The van der Waals surface area contributed by atoms with Crippen LogP contribution in [-0.4, -0.2) is 34.1 Å². The lowest BCUT2D eigenvalue weighted by Gasteiger charge is -2.09. The first kappa shape index (κ1) is 12.9. The third-order valence-corrected chi connectivity index (χ3v) is 2.81. The molecule has 1 aromatic heterocycles. The number of anilines is 2. The number of hydrogen-bond acceptors (Lipinski definition) is 6. The molecule has 2 rings (SSSR count). The topological polar surface area (TPSA) is 72.0 Å². The average molecular weight is 251 g/mol. The van der Waals surface area contributed by atoms with Crippen molar-refractivity contribution in [1.82, 2.24) is 15.0 Å². The number of nitrogens with zero attached hydrogens (tertiary/aromatic N) is 3. The van der Waals surface area contributed by atoms with Crippen LogP contribution in [0.2, 0.25) is 0 Å². The van der Waals surface area contributed by atoms with Crippen LogP contribution >= 0.6 is 0 Å². The fourth-order valence-corrected chi connectivity index (χ4v) is 1.61. The Morgan fingerprint density at radius 3 is 2.56 bits per heavy atom. The molecule has 2 N–H and O–H groups in total. The van der Waals surface area contributed by atoms with Crippen LogP contribution in [-0.2, 0) is 0 Å². The minimum atomic E-state index is 0.388. The summed E-state index contributed by atoms with van der Waals surface area (Å²) >= 11 is 0. The third-order valence-electron chi connectivity index (χ3n) is 2.81. The molecule has 18 heavy (non-hydrogen) atoms. The zero-order valence-electron chi connectivity index (χ0n) is 11.2. The van der Waals surface area contributed by atoms with Crippen LogP contribution < -0.4 is 15.4 Å². The van der Waals surface area contributed by atoms with Gasteiger partial charge in [0.25, 0.3) is 0 Å². The van der Waals surface area contributed by atoms with Crippen LogP contribution in [0.5, 0.6) is 6.01 Å². The molecule has 0 bridgehead atoms. The summed E-state index contributed by atoms with van der Waals surface area (Å²) in [4.78, 5) is 12.8. The molecule has 1 saturated carbocycles. The lowest BCUT2D eigenvalue weighted by Crippen LogP contribution is -2.12. The van der Waals surface area contributed by atoms with Gasteiger partial charge in [-0.25, -0.2) is 0 Å². The monoisotopic (exact) mass is 251 g/mol. The molecule has 6 heteroatoms. The molecular formula is C12H21N5O. The van der Waals surface area contributed by atoms with Gasteiger partial charge in [-0.3, -0.25) is 0 Å². The van der Waals surface area contributed by atoms with Gasteiger partial charge in [0.05, 0.1) is 6.61 Å². The minimum Gasteiger partial charge on any atom is -0.463 e. The summed E-state index contributed by atoms with van der Waals surface area (Å²) in [7, 11) is 0. The van der Waals surface area contributed by atoms with Crippen LogP contribution in [0.25, 0.3) is 0 Å². The Morgan fingerprint density at radius 2 is 1.94 bits per heavy atom. The Labute approximate surface area is 108 Å². The van der Waals surface area contributed by atoms with Crippen molar-refractivity contribution < 1.29 is 4.74 Å². The predicted octanol–water partition coefficient (Wildman–Crippen LogP) is 1.91. The van der Waals surface area contributed by atoms with Crippen molar-refractivity contribution in [3.05, 3.63) is 0 Å². The SMILES string of the molecule is CCCOc1nc(NCC)nc(NC2CC2C)n1. The summed E-state index contributed by atoms with van der Waals surface area (Å²) in [6.45, 7) is 7.66. The van der Waals surface area contributed by atoms with E-state index in [4.69, 9.17) is 4.74 Å². The molecule has 0 radical (unpaired) electrons. The van der Waals surface area contributed by atoms with Crippen molar-refractivity contribution in [3.8, 4) is 6.01 Å². The normalized spacial score (nSPS) is 21.5. The Kier molecular flexibility index (Phi) is 4.17. The zero-order chi connectivity index (χ0) is 13.0. The molecule has 1 fully saturated rings. The quantitative estimate of drug-likeness (QED) is 0.771. The maximum atomic E-state index is 5.47. The maximum absolute atomic E-state index is 5.47. The molecule has 2 atom stereocenters. The van der Waals surface area contributed by atoms with Crippen molar-refractivity contribution in [2.45, 2.75) is 39.7 Å². The van der Waals surface area contributed by atoms with Gasteiger partial charge in [-0.1, -0.05) is 13.8 Å². The van der Waals surface area contributed by atoms with Gasteiger partial charge >= 0.3 is 6.01 Å². The Balaban J connectivity index is 2.08. The maximum Gasteiger partial charge on any atom is 0.323 e. The van der Waals surface area contributed by atoms with Gasteiger partial charge in [-0.05, 0) is 25.7 Å². The van der Waals surface area contributed by atoms with Gasteiger partial charge < -0.3 is 15.4 Å². The van der Waals surface area contributed by atoms with Crippen LogP contribution in [0.3, 0.4) is 0 Å². The summed E-state index contributed by atoms with van der Waals surface area (Å²) in [5, 5.41) is 6.39. The fourth-order valence-electron chi connectivity index (χ4n) is 1.61. The highest BCUT2D eigenvalue weighted by Gasteiger charge is 2.33. The second kappa shape index (κ2) is 5.84. The summed E-state index contributed by atoms with van der Waals surface area (Å²) in [5.41, 5.74) is 0. The van der Waals surface area contributed by atoms with Gasteiger partial charge in [-0.2, -0.15) is 15.0 Å². The number of rotatable bonds is 7. The van der Waals surface area contributed by atoms with Crippen molar-refractivity contribution >= 4 is 11.9 Å². The van der Waals surface area contributed by atoms with E-state index in [0.717, 1.165) is 13.0 Å². The predicted molar refractivity (Wildman–Crippen MR) is 71.0 cm³/mol. The van der Waals surface area contributed by atoms with Crippen LogP contribution in [0.1, 0.15) is 33.6 Å². The van der Waals surface area contributed by atoms with E-state index in [1.54, 1.807) is 0 Å². The smallest absolute Gasteiger partial charge is 0.323 e. The van der Waals surface area contributed by atoms with Crippen molar-refractivity contribution in [3.63, 3.8) is 0 Å². The van der Waals surface area contributed by atoms with Gasteiger partial charge in [0.1, 0.15) is 0 Å². The molecule has 0 aliphatic heterocycles. The second-order valence-electron chi connectivity index (χ2n) is 4.61. The average Bonchev–Trinajstić information content (AvgIpc) is 3.02. The molecule has 1 aliphatic rings. The lowest BCUT2D eigenvalue weighted by molar-refractivity contribution is 0.292. The number of ether oxygens (including phenoxy) is 1. The van der Waals surface area contributed by atoms with E-state index >= 15 is 0 Å². The summed E-state index contributed by atoms with van der Waals surface area (Å²) in [6.07, 6.45) is 2.11. The molecule has 0 amide bonds. The standard InChI is InChI=1S/C12H21N5O/c1-4-6-18-12-16-10(13-5-2)15-11(17-12)14-9-7-8(9)3/h8-9H,4-7H2,1-3H3,(H2,13,14,15,16,17). The molecule has 0 saturated heterocycles.